The Labute approximate surface area is 812 Å². The van der Waals surface area contributed by atoms with E-state index in [1.807, 2.05) is 20.8 Å². The third-order valence-corrected chi connectivity index (χ3v) is 31.5. The van der Waals surface area contributed by atoms with Crippen molar-refractivity contribution in [2.45, 2.75) is 282 Å². The average molecular weight is 2040 g/mol. The van der Waals surface area contributed by atoms with E-state index in [1.54, 1.807) is 30.2 Å². The lowest BCUT2D eigenvalue weighted by Crippen LogP contribution is -2.64. The van der Waals surface area contributed by atoms with Crippen LogP contribution in [0.3, 0.4) is 0 Å². The maximum Gasteiger partial charge on any atom is 0.480 e. The fourth-order valence-electron chi connectivity index (χ4n) is 15.6. The van der Waals surface area contributed by atoms with E-state index in [9.17, 15) is 84.3 Å². The molecule has 27 nitrogen and oxygen atoms in total. The molecule has 4 aromatic carbocycles. The van der Waals surface area contributed by atoms with Crippen LogP contribution in [0, 0.1) is 5.92 Å². The number of carboxylic acid groups (broad SMARTS) is 1. The Kier molecular flexibility index (Phi) is 58.2. The van der Waals surface area contributed by atoms with E-state index in [-0.39, 0.29) is 71.2 Å². The molecule has 40 heteroatoms. The molecule has 137 heavy (non-hydrogen) atoms. The van der Waals surface area contributed by atoms with Crippen LogP contribution in [0.2, 0.25) is 0 Å². The summed E-state index contributed by atoms with van der Waals surface area (Å²) in [6.45, 7) is 28.7. The number of aliphatic imine (C=N–C) groups is 1. The van der Waals surface area contributed by atoms with E-state index in [0.29, 0.717) is 68.6 Å². The molecule has 3 saturated heterocycles. The number of amides is 1. The number of piperidine rings is 1. The number of piperazine rings is 1. The molecule has 0 atom stereocenters. The lowest BCUT2D eigenvalue weighted by molar-refractivity contribution is -0.929. The van der Waals surface area contributed by atoms with Gasteiger partial charge in [0, 0.05) is 105 Å². The highest BCUT2D eigenvalue weighted by Crippen LogP contribution is 2.54. The maximum atomic E-state index is 14.0. The van der Waals surface area contributed by atoms with Crippen LogP contribution in [-0.2, 0) is 74.2 Å². The fraction of sp³-hybridized carbons (Fsp3) is 0.711. The number of methoxy groups -OCH3 is 1. The van der Waals surface area contributed by atoms with Gasteiger partial charge >= 0.3 is 34.0 Å². The molecule has 0 spiro atoms. The van der Waals surface area contributed by atoms with Crippen LogP contribution in [0.25, 0.3) is 4.13 Å². The molecule has 3 saturated carbocycles. The van der Waals surface area contributed by atoms with Crippen LogP contribution < -0.4 is 10.4 Å². The monoisotopic (exact) mass is 2030 g/mol. The van der Waals surface area contributed by atoms with Gasteiger partial charge in [0.1, 0.15) is 11.7 Å². The number of nitrogens with one attached hydrogen (secondary N) is 1. The first kappa shape index (κ1) is 123. The second-order valence-electron chi connectivity index (χ2n) is 35.5. The number of aliphatic hydroxyl groups excluding tert-OH is 2. The Morgan fingerprint density at radius 1 is 0.540 bits per heavy atom. The summed E-state index contributed by atoms with van der Waals surface area (Å²) in [6.07, 6.45) is 32.8. The van der Waals surface area contributed by atoms with Gasteiger partial charge in [-0.1, -0.05) is 203 Å². The molecule has 0 radical (unpaired) electrons. The predicted octanol–water partition coefficient (Wildman–Crippen LogP) is 16.9. The van der Waals surface area contributed by atoms with Crippen LogP contribution in [0.15, 0.2) is 141 Å². The molecule has 4 aromatic rings. The maximum absolute atomic E-state index is 14.0. The SMILES string of the molecule is C1CCC(N=C(NC2CCCCC2)N2CCOCC2)CC1.CCC(C)(C)OC(=O)N1CCC(OC(=O)C2CCCCC2)CC1.CCCC[N+](CCCC)(CCCC)CCCC.CN1CCN(S(=O)(=O)C(F)(F)C(F)(F)C(F)(F)S(=O)(=O)[N-]S(=O)(=O)C(F)(F)F)CC1.COCCCN(CCOCCO)CCOCCO.O=C([O-])c1ccccc1.c1ccc([S+](c2ccccc2)c2ccccc2)cc1. The summed E-state index contributed by atoms with van der Waals surface area (Å²) in [5.41, 5.74) is -6.88. The van der Waals surface area contributed by atoms with Crippen molar-refractivity contribution in [3.63, 3.8) is 0 Å². The number of halogens is 9. The number of alkyl halides is 9. The zero-order valence-corrected chi connectivity index (χ0v) is 85.2. The van der Waals surface area contributed by atoms with Crippen LogP contribution in [-0.4, -0.2) is 305 Å². The van der Waals surface area contributed by atoms with Crippen molar-refractivity contribution in [2.24, 2.45) is 10.9 Å². The number of carboxylic acids is 1. The number of guanidine groups is 1. The Balaban J connectivity index is 0.000000340. The Morgan fingerprint density at radius 3 is 1.37 bits per heavy atom. The fourth-order valence-corrected chi connectivity index (χ4v) is 21.4. The van der Waals surface area contributed by atoms with Gasteiger partial charge in [-0.05, 0) is 140 Å². The number of rotatable bonds is 43. The number of benzene rings is 4. The number of carbonyl (C=O) groups is 3. The highest BCUT2D eigenvalue weighted by Gasteiger charge is 2.81. The minimum absolute atomic E-state index is 0.0146. The van der Waals surface area contributed by atoms with Crippen LogP contribution in [0.1, 0.15) is 232 Å². The lowest BCUT2D eigenvalue weighted by atomic mass is 9.89. The third-order valence-electron chi connectivity index (χ3n) is 24.2. The summed E-state index contributed by atoms with van der Waals surface area (Å²) >= 11 is 0. The molecule has 6 fully saturated rings. The molecule has 3 aliphatic heterocycles. The number of aliphatic hydroxyl groups is 2. The number of hydrogen-bond donors (Lipinski definition) is 3. The van der Waals surface area contributed by atoms with Crippen molar-refractivity contribution < 1.29 is 127 Å². The van der Waals surface area contributed by atoms with Crippen molar-refractivity contribution >= 4 is 65.0 Å². The number of likely N-dealkylation sites (tertiary alicyclic amines) is 1. The molecule has 3 heterocycles. The molecule has 0 unspecified atom stereocenters. The molecular weight excluding hydrogens is 1880 g/mol. The third kappa shape index (κ3) is 43.7. The number of quaternary nitrogens is 1. The quantitative estimate of drug-likeness (QED) is 0.00705. The number of unbranched alkanes of at least 4 members (excludes halogenated alkanes) is 4. The summed E-state index contributed by atoms with van der Waals surface area (Å²) < 4.78 is 220. The molecule has 0 aromatic heterocycles. The normalized spacial score (nSPS) is 17.0. The average Bonchev–Trinajstić information content (AvgIpc) is 0.709. The van der Waals surface area contributed by atoms with E-state index >= 15 is 0 Å². The number of esters is 1. The smallest absolute Gasteiger partial charge is 0.480 e. The molecule has 6 aliphatic rings. The van der Waals surface area contributed by atoms with Crippen LogP contribution >= 0.6 is 0 Å². The first-order chi connectivity index (χ1) is 65.1. The minimum atomic E-state index is -7.88. The number of ether oxygens (including phenoxy) is 6. The number of likely N-dealkylation sites (N-methyl/N-ethyl adjacent to an activating group) is 1. The Bertz CT molecular complexity index is 4150. The molecule has 3 N–H and O–H groups in total. The number of carbonyl (C=O) groups excluding carboxylic acids is 3. The van der Waals surface area contributed by atoms with Crippen LogP contribution in [0.4, 0.5) is 44.3 Å². The first-order valence-electron chi connectivity index (χ1n) is 48.7. The van der Waals surface area contributed by atoms with E-state index in [1.165, 1.54) is 197 Å². The zero-order valence-electron chi connectivity index (χ0n) is 82.0. The van der Waals surface area contributed by atoms with Crippen molar-refractivity contribution in [1.29, 1.82) is 0 Å². The number of nitrogens with zero attached hydrogens (tertiary/aromatic N) is 8. The Hall–Kier alpha value is -6.51. The van der Waals surface area contributed by atoms with Gasteiger partial charge in [-0.2, -0.15) is 43.8 Å². The minimum Gasteiger partial charge on any atom is -0.545 e. The van der Waals surface area contributed by atoms with Gasteiger partial charge in [-0.3, -0.25) is 9.69 Å². The molecular formula is C97H156F9N9O18S4. The van der Waals surface area contributed by atoms with Gasteiger partial charge in [0.2, 0.25) is 0 Å². The van der Waals surface area contributed by atoms with Gasteiger partial charge in [0.15, 0.2) is 40.7 Å². The van der Waals surface area contributed by atoms with Crippen molar-refractivity contribution in [3.05, 3.63) is 131 Å². The second-order valence-corrected chi connectivity index (χ2v) is 42.9. The highest BCUT2D eigenvalue weighted by molar-refractivity contribution is 8.13. The largest absolute Gasteiger partial charge is 0.545 e. The predicted molar refractivity (Wildman–Crippen MR) is 515 cm³/mol. The van der Waals surface area contributed by atoms with Crippen molar-refractivity contribution in [3.8, 4) is 0 Å². The summed E-state index contributed by atoms with van der Waals surface area (Å²) in [7, 11) is -18.9. The molecule has 10 rings (SSSR count). The lowest BCUT2D eigenvalue weighted by Gasteiger charge is -2.39. The summed E-state index contributed by atoms with van der Waals surface area (Å²) in [5, 5.41) is 16.8. The van der Waals surface area contributed by atoms with Crippen molar-refractivity contribution in [1.82, 2.24) is 29.2 Å². The van der Waals surface area contributed by atoms with Gasteiger partial charge < -0.3 is 77.2 Å². The van der Waals surface area contributed by atoms with Gasteiger partial charge in [0.25, 0.3) is 10.0 Å². The number of hydrogen-bond acceptors (Lipinski definition) is 21. The highest BCUT2D eigenvalue weighted by atomic mass is 32.3. The summed E-state index contributed by atoms with van der Waals surface area (Å²) in [4.78, 5) is 51.3. The molecule has 1 amide bonds. The van der Waals surface area contributed by atoms with E-state index < -0.39 is 76.7 Å². The van der Waals surface area contributed by atoms with Gasteiger partial charge in [-0.25, -0.2) is 35.0 Å². The molecule has 3 aliphatic carbocycles. The van der Waals surface area contributed by atoms with Gasteiger partial charge in [0.05, 0.1) is 108 Å². The first-order valence-corrected chi connectivity index (χ1v) is 54.2. The van der Waals surface area contributed by atoms with Crippen molar-refractivity contribution in [2.75, 3.05) is 172 Å². The molecule has 0 bridgehead atoms. The van der Waals surface area contributed by atoms with E-state index in [2.05, 4.69) is 134 Å². The Morgan fingerprint density at radius 2 is 0.971 bits per heavy atom. The topological polar surface area (TPSA) is 327 Å². The van der Waals surface area contributed by atoms with E-state index in [4.69, 9.17) is 43.6 Å². The van der Waals surface area contributed by atoms with Crippen LogP contribution in [0.5, 0.6) is 0 Å². The van der Waals surface area contributed by atoms with E-state index in [0.717, 1.165) is 91.1 Å². The molecule has 784 valence electrons. The standard InChI is InChI=1S/C18H31NO4.C18H15S.C17H31N3O.C16H36N.C12H27NO5.C9H11F9N3O6S3.C7H6O2/c1-4-18(2,3)23-17(21)19-12-10-15(11-13-19)22-16(20)14-8-6-5-7-9-14;1-4-10-16(11-5-1)19(17-12-6-2-7-13-17)18-14-8-3-9-15-18;1-3-7-15(8-4-1)18-17(20-11-13-21-14-12-20)19-16-9-5-2-6-10-16;1-5-9-13-17(14-10-6-2,15-11-7-3)16-12-8-4;1-16-8-2-3-13(4-9-17-11-6-14)5-10-18-12-7-15;1-20-2-4-21(5-3-20)30(26,27)8(14,15)6(10,11)7(12,13)28(22,23)19-29(24,25)9(16,17)18;8-7(9)6-4-2-1-3-5-6/h14-15H,4-13H2,1-3H3;1-15H;15-16H,1-14H2,(H,18,19);5-16H2,1-4H3;14-15H,2-12H2,1H3;2-5H2,1H3;1-5H,(H,8,9)/q;+1;;+1;;-1;/p-1. The summed E-state index contributed by atoms with van der Waals surface area (Å²) in [5.74, 6) is -7.31. The second kappa shape index (κ2) is 64.9. The number of sulfonamides is 3. The zero-order chi connectivity index (χ0) is 101. The summed E-state index contributed by atoms with van der Waals surface area (Å²) in [6, 6.07) is 41.4. The number of morpholine rings is 1. The number of aromatic carboxylic acids is 1. The van der Waals surface area contributed by atoms with Gasteiger partial charge in [-0.15, -0.1) is 0 Å².